The Morgan fingerprint density at radius 1 is 0.464 bits per heavy atom. The lowest BCUT2D eigenvalue weighted by Crippen LogP contribution is -2.00. The summed E-state index contributed by atoms with van der Waals surface area (Å²) < 4.78 is 4.72. The Morgan fingerprint density at radius 2 is 1.13 bits per heavy atom. The van der Waals surface area contributed by atoms with Crippen molar-refractivity contribution in [3.05, 3.63) is 203 Å². The summed E-state index contributed by atoms with van der Waals surface area (Å²) in [5.74, 6) is 2.55. The number of nitrogens with one attached hydrogen (secondary N) is 1. The van der Waals surface area contributed by atoms with Gasteiger partial charge in [0.2, 0.25) is 0 Å². The molecule has 1 N–H and O–H groups in total. The van der Waals surface area contributed by atoms with Crippen molar-refractivity contribution in [3.63, 3.8) is 0 Å². The van der Waals surface area contributed by atoms with Gasteiger partial charge in [-0.1, -0.05) is 136 Å². The third kappa shape index (κ3) is 6.82. The SMILES string of the molecule is Cc1cc(C)c(-c2ccnc(-n3c4ccc(-c5c(C(C)C)cccc5C(C)C)cc4c4ccc(-c5c(C)ccc6c5nc(-c5cccc7c5[nH]c5ccccc57)n6-c5ccccc5)cc43)c2)c(C)c1. The van der Waals surface area contributed by atoms with Crippen molar-refractivity contribution >= 4 is 54.6 Å². The highest BCUT2D eigenvalue weighted by atomic mass is 15.1. The fourth-order valence-electron chi connectivity index (χ4n) is 11.5. The van der Waals surface area contributed by atoms with Crippen LogP contribution < -0.4 is 0 Å². The standard InChI is InChI=1S/C64H55N5/c1-37(2)47-19-14-20-48(38(3)4)61(47)43-26-29-55-53(34-43)50-27-25-44(35-57(50)69(55)58-36-45(30-31-65-58)59-41(7)32-39(5)33-42(59)8)60-40(6)24-28-56-63(60)67-64(68(56)46-16-10-9-11-17-46)52-22-15-21-51-49-18-12-13-23-54(49)66-62(51)52/h9-38,66H,1-8H3. The Morgan fingerprint density at radius 3 is 1.90 bits per heavy atom. The zero-order chi connectivity index (χ0) is 47.2. The molecule has 0 spiro atoms. The lowest BCUT2D eigenvalue weighted by molar-refractivity contribution is 0.838. The number of fused-ring (bicyclic) bond motifs is 7. The van der Waals surface area contributed by atoms with Gasteiger partial charge in [-0.05, 0) is 156 Å². The van der Waals surface area contributed by atoms with Crippen molar-refractivity contribution in [2.45, 2.75) is 67.2 Å². The summed E-state index contributed by atoms with van der Waals surface area (Å²) in [6, 6.07) is 60.2. The van der Waals surface area contributed by atoms with E-state index in [1.807, 2.05) is 6.20 Å². The summed E-state index contributed by atoms with van der Waals surface area (Å²) >= 11 is 0. The molecule has 0 radical (unpaired) electrons. The molecule has 5 nitrogen and oxygen atoms in total. The van der Waals surface area contributed by atoms with Crippen LogP contribution in [0.15, 0.2) is 170 Å². The number of aromatic amines is 1. The van der Waals surface area contributed by atoms with E-state index in [1.165, 1.54) is 66.1 Å². The number of benzene rings is 8. The van der Waals surface area contributed by atoms with E-state index in [0.717, 1.165) is 78.2 Å². The van der Waals surface area contributed by atoms with Crippen molar-refractivity contribution in [1.29, 1.82) is 0 Å². The van der Waals surface area contributed by atoms with Gasteiger partial charge in [0.05, 0.1) is 27.6 Å². The van der Waals surface area contributed by atoms with Crippen LogP contribution >= 0.6 is 0 Å². The summed E-state index contributed by atoms with van der Waals surface area (Å²) in [7, 11) is 0. The monoisotopic (exact) mass is 893 g/mol. The molecule has 12 rings (SSSR count). The molecule has 336 valence electrons. The minimum atomic E-state index is 0.381. The molecular formula is C64H55N5. The van der Waals surface area contributed by atoms with Crippen molar-refractivity contribution < 1.29 is 0 Å². The van der Waals surface area contributed by atoms with Gasteiger partial charge in [-0.15, -0.1) is 0 Å². The smallest absolute Gasteiger partial charge is 0.147 e. The average molecular weight is 894 g/mol. The summed E-state index contributed by atoms with van der Waals surface area (Å²) in [6.45, 7) is 18.1. The fraction of sp³-hybridized carbons (Fsp3) is 0.156. The molecule has 8 aromatic carbocycles. The highest BCUT2D eigenvalue weighted by molar-refractivity contribution is 6.14. The maximum absolute atomic E-state index is 5.70. The number of hydrogen-bond acceptors (Lipinski definition) is 2. The minimum Gasteiger partial charge on any atom is -0.354 e. The van der Waals surface area contributed by atoms with Gasteiger partial charge in [0.25, 0.3) is 0 Å². The first-order chi connectivity index (χ1) is 33.5. The van der Waals surface area contributed by atoms with Gasteiger partial charge in [0.1, 0.15) is 11.6 Å². The van der Waals surface area contributed by atoms with Crippen LogP contribution in [-0.4, -0.2) is 24.1 Å². The molecule has 4 aromatic heterocycles. The molecule has 0 aliphatic carbocycles. The number of aryl methyl sites for hydroxylation is 4. The van der Waals surface area contributed by atoms with Gasteiger partial charge in [0.15, 0.2) is 0 Å². The first kappa shape index (κ1) is 42.3. The molecule has 0 saturated heterocycles. The Labute approximate surface area is 403 Å². The molecule has 69 heavy (non-hydrogen) atoms. The largest absolute Gasteiger partial charge is 0.354 e. The third-order valence-electron chi connectivity index (χ3n) is 14.5. The van der Waals surface area contributed by atoms with Gasteiger partial charge in [-0.3, -0.25) is 9.13 Å². The van der Waals surface area contributed by atoms with E-state index in [9.17, 15) is 0 Å². The molecule has 0 saturated carbocycles. The molecule has 0 bridgehead atoms. The van der Waals surface area contributed by atoms with Crippen molar-refractivity contribution in [3.8, 4) is 56.3 Å². The highest BCUT2D eigenvalue weighted by Crippen LogP contribution is 2.44. The number of hydrogen-bond donors (Lipinski definition) is 1. The van der Waals surface area contributed by atoms with Crippen LogP contribution in [0.5, 0.6) is 0 Å². The Kier molecular flexibility index (Phi) is 10.0. The summed E-state index contributed by atoms with van der Waals surface area (Å²) in [4.78, 5) is 14.7. The fourth-order valence-corrected chi connectivity index (χ4v) is 11.5. The number of nitrogens with zero attached hydrogens (tertiary/aromatic N) is 4. The first-order valence-corrected chi connectivity index (χ1v) is 24.4. The van der Waals surface area contributed by atoms with E-state index in [0.29, 0.717) is 11.8 Å². The molecule has 0 atom stereocenters. The second-order valence-electron chi connectivity index (χ2n) is 19.7. The molecule has 0 aliphatic rings. The number of pyridine rings is 1. The van der Waals surface area contributed by atoms with Crippen LogP contribution in [0.25, 0.3) is 111 Å². The Hall–Kier alpha value is -8.02. The zero-order valence-corrected chi connectivity index (χ0v) is 40.6. The van der Waals surface area contributed by atoms with E-state index in [4.69, 9.17) is 9.97 Å². The van der Waals surface area contributed by atoms with Crippen molar-refractivity contribution in [2.24, 2.45) is 0 Å². The number of rotatable bonds is 8. The lowest BCUT2D eigenvalue weighted by atomic mass is 9.85. The zero-order valence-electron chi connectivity index (χ0n) is 40.6. The van der Waals surface area contributed by atoms with Crippen LogP contribution in [0, 0.1) is 27.7 Å². The van der Waals surface area contributed by atoms with Crippen LogP contribution in [0.3, 0.4) is 0 Å². The van der Waals surface area contributed by atoms with Crippen molar-refractivity contribution in [1.82, 2.24) is 24.1 Å². The van der Waals surface area contributed by atoms with E-state index >= 15 is 0 Å². The molecule has 12 aromatic rings. The second-order valence-corrected chi connectivity index (χ2v) is 19.7. The average Bonchev–Trinajstić information content (AvgIpc) is 4.03. The molecule has 5 heteroatoms. The van der Waals surface area contributed by atoms with Crippen molar-refractivity contribution in [2.75, 3.05) is 0 Å². The summed E-state index contributed by atoms with van der Waals surface area (Å²) in [5.41, 5.74) is 23.5. The van der Waals surface area contributed by atoms with Gasteiger partial charge < -0.3 is 4.98 Å². The molecular weight excluding hydrogens is 839 g/mol. The maximum atomic E-state index is 5.70. The predicted octanol–water partition coefficient (Wildman–Crippen LogP) is 17.3. The van der Waals surface area contributed by atoms with E-state index in [2.05, 4.69) is 233 Å². The first-order valence-electron chi connectivity index (χ1n) is 24.4. The number of aromatic nitrogens is 5. The topological polar surface area (TPSA) is 51.4 Å². The van der Waals surface area contributed by atoms with Gasteiger partial charge in [-0.25, -0.2) is 9.97 Å². The summed E-state index contributed by atoms with van der Waals surface area (Å²) in [6.07, 6.45) is 1.98. The van der Waals surface area contributed by atoms with E-state index < -0.39 is 0 Å². The minimum absolute atomic E-state index is 0.381. The third-order valence-corrected chi connectivity index (χ3v) is 14.5. The van der Waals surface area contributed by atoms with Crippen LogP contribution in [0.4, 0.5) is 0 Å². The van der Waals surface area contributed by atoms with E-state index in [1.54, 1.807) is 0 Å². The highest BCUT2D eigenvalue weighted by Gasteiger charge is 2.24. The Bertz CT molecular complexity index is 3960. The van der Waals surface area contributed by atoms with E-state index in [-0.39, 0.29) is 0 Å². The molecule has 0 unspecified atom stereocenters. The van der Waals surface area contributed by atoms with Crippen LogP contribution in [0.2, 0.25) is 0 Å². The van der Waals surface area contributed by atoms with Crippen LogP contribution in [0.1, 0.15) is 72.9 Å². The quantitative estimate of drug-likeness (QED) is 0.165. The van der Waals surface area contributed by atoms with Gasteiger partial charge in [0, 0.05) is 50.1 Å². The van der Waals surface area contributed by atoms with Gasteiger partial charge in [-0.2, -0.15) is 0 Å². The second kappa shape index (κ2) is 16.3. The van der Waals surface area contributed by atoms with Gasteiger partial charge >= 0.3 is 0 Å². The van der Waals surface area contributed by atoms with Crippen LogP contribution in [-0.2, 0) is 0 Å². The summed E-state index contributed by atoms with van der Waals surface area (Å²) in [5, 5.41) is 4.78. The molecule has 0 aliphatic heterocycles. The Balaban J connectivity index is 1.13. The number of para-hydroxylation sites is 3. The lowest BCUT2D eigenvalue weighted by Gasteiger charge is -2.20. The molecule has 4 heterocycles. The number of imidazole rings is 1. The normalized spacial score (nSPS) is 12.0. The predicted molar refractivity (Wildman–Crippen MR) is 291 cm³/mol. The molecule has 0 amide bonds. The molecule has 0 fully saturated rings. The number of H-pyrrole nitrogens is 1. The maximum Gasteiger partial charge on any atom is 0.147 e.